The van der Waals surface area contributed by atoms with Crippen LogP contribution in [0.25, 0.3) is 6.08 Å². The number of hydrogen-bond acceptors (Lipinski definition) is 3. The van der Waals surface area contributed by atoms with Crippen LogP contribution in [0.5, 0.6) is 0 Å². The van der Waals surface area contributed by atoms with Crippen LogP contribution >= 0.6 is 0 Å². The van der Waals surface area contributed by atoms with Crippen molar-refractivity contribution < 1.29 is 9.31 Å². The van der Waals surface area contributed by atoms with Gasteiger partial charge in [0.2, 0.25) is 0 Å². The lowest BCUT2D eigenvalue weighted by Crippen LogP contribution is -2.41. The van der Waals surface area contributed by atoms with Crippen LogP contribution in [0.2, 0.25) is 0 Å². The second kappa shape index (κ2) is 4.89. The number of benzene rings is 1. The SMILES string of the molecule is CN1CCc2cc(/C=C/B3OC(C)(C)C(C)(C)O3)ccc21. The van der Waals surface area contributed by atoms with Crippen LogP contribution in [-0.2, 0) is 15.7 Å². The Balaban J connectivity index is 1.73. The monoisotopic (exact) mass is 285 g/mol. The summed E-state index contributed by atoms with van der Waals surface area (Å²) in [5.74, 6) is 2.01. The van der Waals surface area contributed by atoms with Crippen LogP contribution in [-0.4, -0.2) is 31.9 Å². The van der Waals surface area contributed by atoms with Crippen molar-refractivity contribution in [2.45, 2.75) is 45.3 Å². The zero-order valence-electron chi connectivity index (χ0n) is 13.6. The van der Waals surface area contributed by atoms with Gasteiger partial charge >= 0.3 is 7.12 Å². The van der Waals surface area contributed by atoms with Crippen LogP contribution in [0.3, 0.4) is 0 Å². The Bertz CT molecular complexity index is 564. The summed E-state index contributed by atoms with van der Waals surface area (Å²) in [5.41, 5.74) is 3.43. The molecular formula is C17H24BNO2. The molecule has 2 aliphatic rings. The van der Waals surface area contributed by atoms with E-state index in [1.807, 2.05) is 5.98 Å². The Hall–Kier alpha value is -1.26. The molecule has 1 aromatic carbocycles. The molecule has 0 N–H and O–H groups in total. The van der Waals surface area contributed by atoms with Gasteiger partial charge in [0, 0.05) is 19.3 Å². The summed E-state index contributed by atoms with van der Waals surface area (Å²) in [6.45, 7) is 9.41. The predicted molar refractivity (Wildman–Crippen MR) is 88.5 cm³/mol. The molecule has 21 heavy (non-hydrogen) atoms. The van der Waals surface area contributed by atoms with Crippen LogP contribution in [0.1, 0.15) is 38.8 Å². The predicted octanol–water partition coefficient (Wildman–Crippen LogP) is 3.32. The number of rotatable bonds is 2. The van der Waals surface area contributed by atoms with Gasteiger partial charge in [-0.25, -0.2) is 0 Å². The van der Waals surface area contributed by atoms with Crippen molar-refractivity contribution in [3.05, 3.63) is 35.3 Å². The van der Waals surface area contributed by atoms with Crippen molar-refractivity contribution in [1.29, 1.82) is 0 Å². The Morgan fingerprint density at radius 1 is 1.14 bits per heavy atom. The molecular weight excluding hydrogens is 261 g/mol. The normalized spacial score (nSPS) is 23.1. The fraction of sp³-hybridized carbons (Fsp3) is 0.529. The highest BCUT2D eigenvalue weighted by atomic mass is 16.7. The maximum absolute atomic E-state index is 5.98. The largest absolute Gasteiger partial charge is 0.487 e. The first-order valence-corrected chi connectivity index (χ1v) is 7.66. The summed E-state index contributed by atoms with van der Waals surface area (Å²) < 4.78 is 12.0. The Kier molecular flexibility index (Phi) is 3.42. The van der Waals surface area contributed by atoms with Crippen LogP contribution in [0.15, 0.2) is 24.2 Å². The van der Waals surface area contributed by atoms with Crippen molar-refractivity contribution in [2.75, 3.05) is 18.5 Å². The maximum atomic E-state index is 5.98. The van der Waals surface area contributed by atoms with E-state index >= 15 is 0 Å². The van der Waals surface area contributed by atoms with Gasteiger partial charge in [-0.15, -0.1) is 0 Å². The average Bonchev–Trinajstić information content (AvgIpc) is 2.85. The van der Waals surface area contributed by atoms with Gasteiger partial charge in [-0.1, -0.05) is 18.1 Å². The first kappa shape index (κ1) is 14.7. The number of hydrogen-bond donors (Lipinski definition) is 0. The molecule has 0 saturated carbocycles. The lowest BCUT2D eigenvalue weighted by Gasteiger charge is -2.32. The molecule has 0 spiro atoms. The Morgan fingerprint density at radius 2 is 1.81 bits per heavy atom. The molecule has 112 valence electrons. The standard InChI is InChI=1S/C17H24BNO2/c1-16(2)17(3,4)21-18(20-16)10-8-13-6-7-15-14(12-13)9-11-19(15)5/h6-8,10,12H,9,11H2,1-5H3/b10-8+. The zero-order chi connectivity index (χ0) is 15.3. The number of anilines is 1. The average molecular weight is 285 g/mol. The van der Waals surface area contributed by atoms with Crippen molar-refractivity contribution >= 4 is 18.9 Å². The third kappa shape index (κ3) is 2.63. The highest BCUT2D eigenvalue weighted by Gasteiger charge is 2.49. The minimum Gasteiger partial charge on any atom is -0.400 e. The molecule has 3 rings (SSSR count). The highest BCUT2D eigenvalue weighted by Crippen LogP contribution is 2.37. The highest BCUT2D eigenvalue weighted by molar-refractivity contribution is 6.52. The summed E-state index contributed by atoms with van der Waals surface area (Å²) >= 11 is 0. The second-order valence-electron chi connectivity index (χ2n) is 7.04. The van der Waals surface area contributed by atoms with Gasteiger partial charge in [0.05, 0.1) is 11.2 Å². The van der Waals surface area contributed by atoms with E-state index in [-0.39, 0.29) is 18.3 Å². The van der Waals surface area contributed by atoms with Gasteiger partial charge < -0.3 is 14.2 Å². The van der Waals surface area contributed by atoms with Gasteiger partial charge in [-0.2, -0.15) is 0 Å². The summed E-state index contributed by atoms with van der Waals surface area (Å²) in [5, 5.41) is 0. The lowest BCUT2D eigenvalue weighted by molar-refractivity contribution is 0.00578. The molecule has 0 unspecified atom stereocenters. The maximum Gasteiger partial charge on any atom is 0.487 e. The topological polar surface area (TPSA) is 21.7 Å². The van der Waals surface area contributed by atoms with Gasteiger partial charge in [0.1, 0.15) is 0 Å². The first-order chi connectivity index (χ1) is 9.78. The molecule has 0 radical (unpaired) electrons. The Morgan fingerprint density at radius 3 is 2.48 bits per heavy atom. The van der Waals surface area contributed by atoms with Crippen LogP contribution in [0, 0.1) is 0 Å². The van der Waals surface area contributed by atoms with E-state index in [2.05, 4.69) is 63.9 Å². The summed E-state index contributed by atoms with van der Waals surface area (Å²) in [4.78, 5) is 2.30. The molecule has 4 heteroatoms. The molecule has 0 atom stereocenters. The third-order valence-electron chi connectivity index (χ3n) is 4.95. The van der Waals surface area contributed by atoms with E-state index in [9.17, 15) is 0 Å². The van der Waals surface area contributed by atoms with Crippen LogP contribution < -0.4 is 4.90 Å². The van der Waals surface area contributed by atoms with E-state index in [0.717, 1.165) is 13.0 Å². The van der Waals surface area contributed by atoms with Gasteiger partial charge in [0.25, 0.3) is 0 Å². The summed E-state index contributed by atoms with van der Waals surface area (Å²) in [7, 11) is 1.87. The zero-order valence-corrected chi connectivity index (χ0v) is 13.6. The Labute approximate surface area is 128 Å². The molecule has 2 heterocycles. The van der Waals surface area contributed by atoms with E-state index in [1.54, 1.807) is 0 Å². The quantitative estimate of drug-likeness (QED) is 0.778. The van der Waals surface area contributed by atoms with Crippen LogP contribution in [0.4, 0.5) is 5.69 Å². The molecule has 0 amide bonds. The van der Waals surface area contributed by atoms with Gasteiger partial charge in [-0.05, 0) is 57.4 Å². The second-order valence-corrected chi connectivity index (χ2v) is 7.04. The minimum absolute atomic E-state index is 0.272. The number of fused-ring (bicyclic) bond motifs is 1. The number of likely N-dealkylation sites (N-methyl/N-ethyl adjacent to an activating group) is 1. The molecule has 1 fully saturated rings. The fourth-order valence-corrected chi connectivity index (χ4v) is 2.85. The molecule has 2 aliphatic heterocycles. The summed E-state index contributed by atoms with van der Waals surface area (Å²) in [6, 6.07) is 6.62. The molecule has 3 nitrogen and oxygen atoms in total. The first-order valence-electron chi connectivity index (χ1n) is 7.66. The van der Waals surface area contributed by atoms with Crippen molar-refractivity contribution in [3.63, 3.8) is 0 Å². The molecule has 0 aromatic heterocycles. The van der Waals surface area contributed by atoms with E-state index in [0.29, 0.717) is 0 Å². The van der Waals surface area contributed by atoms with Crippen molar-refractivity contribution in [1.82, 2.24) is 0 Å². The van der Waals surface area contributed by atoms with E-state index in [4.69, 9.17) is 9.31 Å². The molecule has 0 aliphatic carbocycles. The minimum atomic E-state index is -0.275. The smallest absolute Gasteiger partial charge is 0.400 e. The molecule has 1 aromatic rings. The van der Waals surface area contributed by atoms with E-state index in [1.165, 1.54) is 16.8 Å². The molecule has 0 bridgehead atoms. The van der Waals surface area contributed by atoms with E-state index < -0.39 is 0 Å². The van der Waals surface area contributed by atoms with Gasteiger partial charge in [-0.3, -0.25) is 0 Å². The third-order valence-corrected chi connectivity index (χ3v) is 4.95. The molecule has 1 saturated heterocycles. The lowest BCUT2D eigenvalue weighted by atomic mass is 9.89. The van der Waals surface area contributed by atoms with Crippen molar-refractivity contribution in [2.24, 2.45) is 0 Å². The number of nitrogens with zero attached hydrogens (tertiary/aromatic N) is 1. The van der Waals surface area contributed by atoms with Gasteiger partial charge in [0.15, 0.2) is 0 Å². The fourth-order valence-electron chi connectivity index (χ4n) is 2.85. The summed E-state index contributed by atoms with van der Waals surface area (Å²) in [6.07, 6.45) is 3.23. The van der Waals surface area contributed by atoms with Crippen molar-refractivity contribution in [3.8, 4) is 0 Å².